The van der Waals surface area contributed by atoms with Crippen LogP contribution >= 0.6 is 11.6 Å². The van der Waals surface area contributed by atoms with E-state index in [-0.39, 0.29) is 0 Å². The standard InChI is InChI=1S/C16H13ClN4O3S/c17-9-25(23,24)21-6-5-11-7-13(2-4-15(11)21)20-10-18-14-3-1-12(8-22)19-16(14)20/h1-4,7-8,10H,5-6,9H2. The molecule has 1 aliphatic rings. The number of nitrogens with zero attached hydrogens (tertiary/aromatic N) is 4. The summed E-state index contributed by atoms with van der Waals surface area (Å²) in [5.74, 6) is 0. The summed E-state index contributed by atoms with van der Waals surface area (Å²) in [6.07, 6.45) is 2.93. The van der Waals surface area contributed by atoms with Gasteiger partial charge >= 0.3 is 0 Å². The molecule has 7 nitrogen and oxygen atoms in total. The Hall–Kier alpha value is -2.45. The first-order valence-electron chi connectivity index (χ1n) is 7.52. The summed E-state index contributed by atoms with van der Waals surface area (Å²) in [5.41, 5.74) is 3.96. The summed E-state index contributed by atoms with van der Waals surface area (Å²) in [7, 11) is -3.49. The molecule has 0 bridgehead atoms. The number of pyridine rings is 1. The molecule has 1 aliphatic heterocycles. The predicted molar refractivity (Wildman–Crippen MR) is 94.9 cm³/mol. The fraction of sp³-hybridized carbons (Fsp3) is 0.188. The van der Waals surface area contributed by atoms with Crippen molar-refractivity contribution in [1.82, 2.24) is 14.5 Å². The maximum atomic E-state index is 12.1. The van der Waals surface area contributed by atoms with Crippen LogP contribution in [0.1, 0.15) is 16.1 Å². The maximum absolute atomic E-state index is 12.1. The Labute approximate surface area is 148 Å². The Kier molecular flexibility index (Phi) is 3.73. The fourth-order valence-corrected chi connectivity index (χ4v) is 4.34. The minimum absolute atomic E-state index is 0.329. The van der Waals surface area contributed by atoms with Crippen molar-refractivity contribution in [2.45, 2.75) is 6.42 Å². The van der Waals surface area contributed by atoms with Crippen LogP contribution in [0.25, 0.3) is 16.9 Å². The number of carbonyl (C=O) groups is 1. The van der Waals surface area contributed by atoms with E-state index in [0.717, 1.165) is 11.3 Å². The largest absolute Gasteiger partial charge is 0.296 e. The first kappa shape index (κ1) is 16.0. The van der Waals surface area contributed by atoms with Crippen molar-refractivity contribution in [3.05, 3.63) is 47.9 Å². The Morgan fingerprint density at radius 2 is 2.08 bits per heavy atom. The lowest BCUT2D eigenvalue weighted by molar-refractivity contribution is 0.111. The molecule has 0 aliphatic carbocycles. The molecule has 0 N–H and O–H groups in total. The van der Waals surface area contributed by atoms with Crippen LogP contribution < -0.4 is 4.31 Å². The van der Waals surface area contributed by atoms with E-state index in [1.807, 2.05) is 6.07 Å². The quantitative estimate of drug-likeness (QED) is 0.514. The van der Waals surface area contributed by atoms with E-state index in [1.165, 1.54) is 4.31 Å². The molecule has 0 atom stereocenters. The second-order valence-corrected chi connectivity index (χ2v) is 8.14. The van der Waals surface area contributed by atoms with Gasteiger partial charge in [0.25, 0.3) is 0 Å². The van der Waals surface area contributed by atoms with Gasteiger partial charge in [0.1, 0.15) is 22.7 Å². The highest BCUT2D eigenvalue weighted by atomic mass is 35.5. The van der Waals surface area contributed by atoms with Gasteiger partial charge in [-0.1, -0.05) is 0 Å². The Morgan fingerprint density at radius 3 is 2.84 bits per heavy atom. The number of fused-ring (bicyclic) bond motifs is 2. The SMILES string of the molecule is O=Cc1ccc2ncn(-c3ccc4c(c3)CCN4S(=O)(=O)CCl)c2n1. The average Bonchev–Trinajstić information content (AvgIpc) is 3.24. The van der Waals surface area contributed by atoms with E-state index in [4.69, 9.17) is 11.6 Å². The summed E-state index contributed by atoms with van der Waals surface area (Å²) in [5, 5.41) is -0.446. The lowest BCUT2D eigenvalue weighted by Crippen LogP contribution is -2.29. The van der Waals surface area contributed by atoms with Crippen molar-refractivity contribution < 1.29 is 13.2 Å². The summed E-state index contributed by atoms with van der Waals surface area (Å²) >= 11 is 5.57. The van der Waals surface area contributed by atoms with Crippen LogP contribution in [0.5, 0.6) is 0 Å². The van der Waals surface area contributed by atoms with Gasteiger partial charge in [0.15, 0.2) is 11.9 Å². The number of sulfonamides is 1. The molecule has 4 rings (SSSR count). The summed E-state index contributed by atoms with van der Waals surface area (Å²) < 4.78 is 27.2. The molecule has 1 aromatic carbocycles. The molecule has 0 radical (unpaired) electrons. The van der Waals surface area contributed by atoms with Crippen LogP contribution in [0.15, 0.2) is 36.7 Å². The van der Waals surface area contributed by atoms with Gasteiger partial charge < -0.3 is 0 Å². The molecule has 3 aromatic rings. The summed E-state index contributed by atoms with van der Waals surface area (Å²) in [4.78, 5) is 19.6. The third-order valence-corrected chi connectivity index (χ3v) is 6.36. The maximum Gasteiger partial charge on any atom is 0.249 e. The predicted octanol–water partition coefficient (Wildman–Crippen LogP) is 2.12. The lowest BCUT2D eigenvalue weighted by Gasteiger charge is -2.18. The van der Waals surface area contributed by atoms with E-state index in [9.17, 15) is 13.2 Å². The van der Waals surface area contributed by atoms with Gasteiger partial charge in [-0.15, -0.1) is 11.6 Å². The lowest BCUT2D eigenvalue weighted by atomic mass is 10.1. The number of anilines is 1. The van der Waals surface area contributed by atoms with E-state index in [2.05, 4.69) is 9.97 Å². The van der Waals surface area contributed by atoms with Crippen molar-refractivity contribution in [2.75, 3.05) is 16.1 Å². The molecule has 0 spiro atoms. The number of alkyl halides is 1. The van der Waals surface area contributed by atoms with E-state index >= 15 is 0 Å². The topological polar surface area (TPSA) is 85.2 Å². The molecule has 9 heteroatoms. The number of benzene rings is 1. The smallest absolute Gasteiger partial charge is 0.249 e. The zero-order valence-electron chi connectivity index (χ0n) is 13.0. The second kappa shape index (κ2) is 5.82. The van der Waals surface area contributed by atoms with Crippen molar-refractivity contribution in [3.8, 4) is 5.69 Å². The number of rotatable bonds is 4. The highest BCUT2D eigenvalue weighted by Gasteiger charge is 2.29. The normalized spacial score (nSPS) is 14.0. The molecule has 0 unspecified atom stereocenters. The van der Waals surface area contributed by atoms with Crippen LogP contribution in [-0.4, -0.2) is 41.0 Å². The molecule has 0 saturated heterocycles. The first-order valence-corrected chi connectivity index (χ1v) is 9.67. The van der Waals surface area contributed by atoms with Gasteiger partial charge in [-0.25, -0.2) is 18.4 Å². The third kappa shape index (κ3) is 2.58. The zero-order chi connectivity index (χ0) is 17.6. The van der Waals surface area contributed by atoms with Crippen molar-refractivity contribution >= 4 is 44.8 Å². The van der Waals surface area contributed by atoms with Crippen molar-refractivity contribution in [3.63, 3.8) is 0 Å². The monoisotopic (exact) mass is 376 g/mol. The molecule has 128 valence electrons. The molecule has 0 fully saturated rings. The zero-order valence-corrected chi connectivity index (χ0v) is 14.5. The van der Waals surface area contributed by atoms with Crippen LogP contribution in [0.2, 0.25) is 0 Å². The number of hydrogen-bond donors (Lipinski definition) is 0. The Morgan fingerprint density at radius 1 is 1.24 bits per heavy atom. The van der Waals surface area contributed by atoms with E-state index in [1.54, 1.807) is 35.2 Å². The first-order chi connectivity index (χ1) is 12.0. The van der Waals surface area contributed by atoms with Gasteiger partial charge in [0, 0.05) is 12.2 Å². The number of aldehydes is 1. The van der Waals surface area contributed by atoms with Crippen LogP contribution in [0, 0.1) is 0 Å². The number of hydrogen-bond acceptors (Lipinski definition) is 5. The van der Waals surface area contributed by atoms with Crippen LogP contribution in [0.3, 0.4) is 0 Å². The number of imidazole rings is 1. The molecule has 3 heterocycles. The Balaban J connectivity index is 1.81. The van der Waals surface area contributed by atoms with Crippen LogP contribution in [0.4, 0.5) is 5.69 Å². The molecule has 0 amide bonds. The fourth-order valence-electron chi connectivity index (χ4n) is 3.02. The molecular weight excluding hydrogens is 364 g/mol. The Bertz CT molecular complexity index is 1090. The van der Waals surface area contributed by atoms with Gasteiger partial charge in [-0.05, 0) is 42.3 Å². The molecule has 2 aromatic heterocycles. The molecular formula is C16H13ClN4O3S. The van der Waals surface area contributed by atoms with Gasteiger partial charge in [-0.2, -0.15) is 0 Å². The van der Waals surface area contributed by atoms with E-state index in [0.29, 0.717) is 41.8 Å². The van der Waals surface area contributed by atoms with Gasteiger partial charge in [0.05, 0.1) is 5.69 Å². The average molecular weight is 377 g/mol. The van der Waals surface area contributed by atoms with Gasteiger partial charge in [-0.3, -0.25) is 13.7 Å². The number of carbonyl (C=O) groups excluding carboxylic acids is 1. The second-order valence-electron chi connectivity index (χ2n) is 5.67. The number of aromatic nitrogens is 3. The van der Waals surface area contributed by atoms with Crippen molar-refractivity contribution in [1.29, 1.82) is 0 Å². The highest BCUT2D eigenvalue weighted by molar-refractivity contribution is 7.93. The van der Waals surface area contributed by atoms with Gasteiger partial charge in [0.2, 0.25) is 10.0 Å². The third-order valence-electron chi connectivity index (χ3n) is 4.21. The summed E-state index contributed by atoms with van der Waals surface area (Å²) in [6, 6.07) is 8.83. The summed E-state index contributed by atoms with van der Waals surface area (Å²) in [6.45, 7) is 0.381. The minimum Gasteiger partial charge on any atom is -0.296 e. The number of halogens is 1. The highest BCUT2D eigenvalue weighted by Crippen LogP contribution is 2.33. The molecule has 25 heavy (non-hydrogen) atoms. The van der Waals surface area contributed by atoms with Crippen molar-refractivity contribution in [2.24, 2.45) is 0 Å². The van der Waals surface area contributed by atoms with E-state index < -0.39 is 15.2 Å². The van der Waals surface area contributed by atoms with Crippen LogP contribution in [-0.2, 0) is 16.4 Å². The molecule has 0 saturated carbocycles. The minimum atomic E-state index is -3.49.